The first-order chi connectivity index (χ1) is 6.74. The second kappa shape index (κ2) is 3.00. The summed E-state index contributed by atoms with van der Waals surface area (Å²) in [7, 11) is 0. The summed E-state index contributed by atoms with van der Waals surface area (Å²) in [4.78, 5) is 14.5. The van der Waals surface area contributed by atoms with Gasteiger partial charge in [0.1, 0.15) is 0 Å². The van der Waals surface area contributed by atoms with Gasteiger partial charge in [0, 0.05) is 12.3 Å². The minimum atomic E-state index is -0.112. The first-order valence-electron chi connectivity index (χ1n) is 4.25. The highest BCUT2D eigenvalue weighted by molar-refractivity contribution is 5.86. The van der Waals surface area contributed by atoms with E-state index in [1.54, 1.807) is 12.3 Å². The van der Waals surface area contributed by atoms with Gasteiger partial charge in [-0.2, -0.15) is 5.26 Å². The number of aryl methyl sites for hydroxylation is 1. The lowest BCUT2D eigenvalue weighted by molar-refractivity contribution is 1.34. The van der Waals surface area contributed by atoms with E-state index in [4.69, 9.17) is 5.26 Å². The van der Waals surface area contributed by atoms with Gasteiger partial charge < -0.3 is 4.98 Å². The van der Waals surface area contributed by atoms with Crippen LogP contribution in [0.25, 0.3) is 10.9 Å². The Morgan fingerprint density at radius 1 is 1.36 bits per heavy atom. The average Bonchev–Trinajstić information content (AvgIpc) is 2.20. The van der Waals surface area contributed by atoms with Crippen molar-refractivity contribution >= 4 is 10.9 Å². The molecule has 0 amide bonds. The molecule has 0 aliphatic rings. The minimum Gasteiger partial charge on any atom is -0.361 e. The Labute approximate surface area is 80.6 Å². The molecule has 2 aromatic rings. The van der Waals surface area contributed by atoms with Crippen molar-refractivity contribution in [3.05, 3.63) is 45.7 Å². The van der Waals surface area contributed by atoms with E-state index in [1.807, 2.05) is 19.1 Å². The standard InChI is InChI=1S/C11H8N2O/c1-7-2-3-8(6-12)10-9(14)4-5-13-11(7)10/h2-5H,1H3,(H,13,14). The Bertz CT molecular complexity index is 590. The number of benzene rings is 1. The molecule has 0 aliphatic heterocycles. The molecule has 1 aromatic carbocycles. The molecule has 0 aliphatic carbocycles. The fraction of sp³-hybridized carbons (Fsp3) is 0.0909. The van der Waals surface area contributed by atoms with E-state index < -0.39 is 0 Å². The Balaban J connectivity index is 3.10. The molecule has 1 aromatic heterocycles. The van der Waals surface area contributed by atoms with Crippen LogP contribution >= 0.6 is 0 Å². The molecule has 2 rings (SSSR count). The monoisotopic (exact) mass is 184 g/mol. The van der Waals surface area contributed by atoms with Crippen LogP contribution in [0.1, 0.15) is 11.1 Å². The van der Waals surface area contributed by atoms with Gasteiger partial charge in [-0.05, 0) is 18.6 Å². The van der Waals surface area contributed by atoms with E-state index in [-0.39, 0.29) is 5.43 Å². The number of aromatic nitrogens is 1. The molecule has 0 atom stereocenters. The Hall–Kier alpha value is -2.08. The molecule has 3 nitrogen and oxygen atoms in total. The quantitative estimate of drug-likeness (QED) is 0.677. The Kier molecular flexibility index (Phi) is 1.83. The predicted molar refractivity (Wildman–Crippen MR) is 54.0 cm³/mol. The number of hydrogen-bond donors (Lipinski definition) is 1. The lowest BCUT2D eigenvalue weighted by Crippen LogP contribution is -2.03. The third kappa shape index (κ3) is 1.09. The Morgan fingerprint density at radius 2 is 2.14 bits per heavy atom. The molecule has 0 unspecified atom stereocenters. The molecular weight excluding hydrogens is 176 g/mol. The number of pyridine rings is 1. The molecule has 0 saturated heterocycles. The van der Waals surface area contributed by atoms with Crippen LogP contribution in [0.2, 0.25) is 0 Å². The van der Waals surface area contributed by atoms with Crippen LogP contribution in [0.15, 0.2) is 29.2 Å². The van der Waals surface area contributed by atoms with Gasteiger partial charge in [-0.25, -0.2) is 0 Å². The number of nitrogens with one attached hydrogen (secondary N) is 1. The third-order valence-electron chi connectivity index (χ3n) is 2.24. The molecule has 0 saturated carbocycles. The summed E-state index contributed by atoms with van der Waals surface area (Å²) < 4.78 is 0. The third-order valence-corrected chi connectivity index (χ3v) is 2.24. The fourth-order valence-electron chi connectivity index (χ4n) is 1.53. The van der Waals surface area contributed by atoms with E-state index >= 15 is 0 Å². The molecule has 68 valence electrons. The highest BCUT2D eigenvalue weighted by Crippen LogP contribution is 2.15. The molecule has 0 fully saturated rings. The van der Waals surface area contributed by atoms with Crippen molar-refractivity contribution in [2.75, 3.05) is 0 Å². The van der Waals surface area contributed by atoms with Crippen LogP contribution in [-0.4, -0.2) is 4.98 Å². The number of fused-ring (bicyclic) bond motifs is 1. The molecule has 1 N–H and O–H groups in total. The molecule has 1 heterocycles. The number of nitrogens with zero attached hydrogens (tertiary/aromatic N) is 1. The van der Waals surface area contributed by atoms with Crippen molar-refractivity contribution in [3.8, 4) is 6.07 Å². The molecule has 0 spiro atoms. The summed E-state index contributed by atoms with van der Waals surface area (Å²) in [6, 6.07) is 6.95. The fourth-order valence-corrected chi connectivity index (χ4v) is 1.53. The van der Waals surface area contributed by atoms with Crippen molar-refractivity contribution in [1.82, 2.24) is 4.98 Å². The van der Waals surface area contributed by atoms with Crippen molar-refractivity contribution in [3.63, 3.8) is 0 Å². The lowest BCUT2D eigenvalue weighted by Gasteiger charge is -2.01. The number of hydrogen-bond acceptors (Lipinski definition) is 2. The maximum atomic E-state index is 11.5. The molecule has 0 bridgehead atoms. The SMILES string of the molecule is Cc1ccc(C#N)c2c(=O)cc[nH]c12. The first-order valence-corrected chi connectivity index (χ1v) is 4.25. The van der Waals surface area contributed by atoms with Crippen LogP contribution in [0, 0.1) is 18.3 Å². The van der Waals surface area contributed by atoms with Crippen LogP contribution in [-0.2, 0) is 0 Å². The van der Waals surface area contributed by atoms with Crippen LogP contribution in [0.5, 0.6) is 0 Å². The van der Waals surface area contributed by atoms with Crippen molar-refractivity contribution < 1.29 is 0 Å². The van der Waals surface area contributed by atoms with Crippen LogP contribution < -0.4 is 5.43 Å². The van der Waals surface area contributed by atoms with E-state index in [2.05, 4.69) is 4.98 Å². The largest absolute Gasteiger partial charge is 0.361 e. The highest BCUT2D eigenvalue weighted by Gasteiger charge is 2.05. The Morgan fingerprint density at radius 3 is 2.86 bits per heavy atom. The van der Waals surface area contributed by atoms with Gasteiger partial charge in [-0.15, -0.1) is 0 Å². The normalized spacial score (nSPS) is 10.0. The molecule has 0 radical (unpaired) electrons. The topological polar surface area (TPSA) is 56.6 Å². The maximum Gasteiger partial charge on any atom is 0.190 e. The number of nitriles is 1. The molecule has 3 heteroatoms. The van der Waals surface area contributed by atoms with Gasteiger partial charge in [-0.1, -0.05) is 6.07 Å². The van der Waals surface area contributed by atoms with Gasteiger partial charge >= 0.3 is 0 Å². The zero-order chi connectivity index (χ0) is 10.1. The smallest absolute Gasteiger partial charge is 0.190 e. The van der Waals surface area contributed by atoms with Gasteiger partial charge in [0.2, 0.25) is 0 Å². The summed E-state index contributed by atoms with van der Waals surface area (Å²) in [6.07, 6.45) is 1.60. The first kappa shape index (κ1) is 8.52. The highest BCUT2D eigenvalue weighted by atomic mass is 16.1. The lowest BCUT2D eigenvalue weighted by atomic mass is 10.1. The average molecular weight is 184 g/mol. The van der Waals surface area contributed by atoms with Crippen molar-refractivity contribution in [2.45, 2.75) is 6.92 Å². The van der Waals surface area contributed by atoms with Gasteiger partial charge in [0.15, 0.2) is 5.43 Å². The zero-order valence-electron chi connectivity index (χ0n) is 7.66. The molecule has 14 heavy (non-hydrogen) atoms. The summed E-state index contributed by atoms with van der Waals surface area (Å²) in [5.74, 6) is 0. The van der Waals surface area contributed by atoms with Gasteiger partial charge in [-0.3, -0.25) is 4.79 Å². The minimum absolute atomic E-state index is 0.112. The summed E-state index contributed by atoms with van der Waals surface area (Å²) in [5.41, 5.74) is 2.03. The van der Waals surface area contributed by atoms with Crippen molar-refractivity contribution in [1.29, 1.82) is 5.26 Å². The van der Waals surface area contributed by atoms with E-state index in [1.165, 1.54) is 6.07 Å². The van der Waals surface area contributed by atoms with Crippen LogP contribution in [0.4, 0.5) is 0 Å². The maximum absolute atomic E-state index is 11.5. The van der Waals surface area contributed by atoms with Crippen molar-refractivity contribution in [2.24, 2.45) is 0 Å². The summed E-state index contributed by atoms with van der Waals surface area (Å²) >= 11 is 0. The summed E-state index contributed by atoms with van der Waals surface area (Å²) in [6.45, 7) is 1.90. The number of H-pyrrole nitrogens is 1. The predicted octanol–water partition coefficient (Wildman–Crippen LogP) is 1.71. The second-order valence-corrected chi connectivity index (χ2v) is 3.13. The van der Waals surface area contributed by atoms with E-state index in [0.29, 0.717) is 10.9 Å². The van der Waals surface area contributed by atoms with E-state index in [9.17, 15) is 4.79 Å². The second-order valence-electron chi connectivity index (χ2n) is 3.13. The zero-order valence-corrected chi connectivity index (χ0v) is 7.66. The number of aromatic amines is 1. The molecular formula is C11H8N2O. The van der Waals surface area contributed by atoms with Crippen LogP contribution in [0.3, 0.4) is 0 Å². The number of rotatable bonds is 0. The van der Waals surface area contributed by atoms with E-state index in [0.717, 1.165) is 11.1 Å². The van der Waals surface area contributed by atoms with Gasteiger partial charge in [0.05, 0.1) is 22.5 Å². The van der Waals surface area contributed by atoms with Gasteiger partial charge in [0.25, 0.3) is 0 Å². The summed E-state index contributed by atoms with van der Waals surface area (Å²) in [5, 5.41) is 9.33.